The first-order valence-electron chi connectivity index (χ1n) is 4.85. The van der Waals surface area contributed by atoms with Crippen LogP contribution in [0.4, 0.5) is 0 Å². The first kappa shape index (κ1) is 11.3. The fourth-order valence-electron chi connectivity index (χ4n) is 1.25. The van der Waals surface area contributed by atoms with Gasteiger partial charge in [-0.15, -0.1) is 0 Å². The van der Waals surface area contributed by atoms with Crippen molar-refractivity contribution in [2.24, 2.45) is 0 Å². The van der Waals surface area contributed by atoms with E-state index in [9.17, 15) is 4.79 Å². The van der Waals surface area contributed by atoms with E-state index in [1.165, 1.54) is 0 Å². The Balaban J connectivity index is 2.79. The van der Waals surface area contributed by atoms with E-state index in [2.05, 4.69) is 0 Å². The summed E-state index contributed by atoms with van der Waals surface area (Å²) in [4.78, 5) is 11.4. The number of hydrogen-bond donors (Lipinski definition) is 0. The van der Waals surface area contributed by atoms with E-state index in [1.54, 1.807) is 38.1 Å². The monoisotopic (exact) mass is 203 g/mol. The van der Waals surface area contributed by atoms with Crippen molar-refractivity contribution in [1.82, 2.24) is 0 Å². The van der Waals surface area contributed by atoms with E-state index in [-0.39, 0.29) is 11.9 Å². The summed E-state index contributed by atoms with van der Waals surface area (Å²) >= 11 is 0. The Bertz CT molecular complexity index is 376. The fraction of sp³-hybridized carbons (Fsp3) is 0.333. The number of ether oxygens (including phenoxy) is 1. The molecular formula is C12H13NO2. The van der Waals surface area contributed by atoms with Gasteiger partial charge in [0.1, 0.15) is 0 Å². The third kappa shape index (κ3) is 2.81. The van der Waals surface area contributed by atoms with Crippen LogP contribution in [0, 0.1) is 11.3 Å². The summed E-state index contributed by atoms with van der Waals surface area (Å²) in [7, 11) is 0. The average Bonchev–Trinajstić information content (AvgIpc) is 2.28. The Kier molecular flexibility index (Phi) is 3.87. The second-order valence-electron chi connectivity index (χ2n) is 3.21. The van der Waals surface area contributed by atoms with Gasteiger partial charge in [0.05, 0.1) is 24.2 Å². The van der Waals surface area contributed by atoms with Crippen LogP contribution in [0.5, 0.6) is 0 Å². The van der Waals surface area contributed by atoms with Crippen LogP contribution in [0.1, 0.15) is 30.9 Å². The highest BCUT2D eigenvalue weighted by molar-refractivity contribution is 5.77. The summed E-state index contributed by atoms with van der Waals surface area (Å²) in [5, 5.41) is 8.62. The summed E-state index contributed by atoms with van der Waals surface area (Å²) in [6.07, 6.45) is 0. The van der Waals surface area contributed by atoms with Gasteiger partial charge in [-0.1, -0.05) is 12.1 Å². The van der Waals surface area contributed by atoms with Gasteiger partial charge < -0.3 is 4.74 Å². The third-order valence-electron chi connectivity index (χ3n) is 2.18. The molecule has 3 heteroatoms. The van der Waals surface area contributed by atoms with Gasteiger partial charge in [0.25, 0.3) is 0 Å². The molecule has 0 aliphatic carbocycles. The lowest BCUT2D eigenvalue weighted by molar-refractivity contribution is -0.144. The van der Waals surface area contributed by atoms with Crippen LogP contribution in [-0.2, 0) is 9.53 Å². The normalized spacial score (nSPS) is 11.5. The highest BCUT2D eigenvalue weighted by atomic mass is 16.5. The van der Waals surface area contributed by atoms with Gasteiger partial charge in [-0.25, -0.2) is 0 Å². The second kappa shape index (κ2) is 5.16. The molecule has 1 aromatic carbocycles. The number of carbonyl (C=O) groups excluding carboxylic acids is 1. The Morgan fingerprint density at radius 2 is 2.07 bits per heavy atom. The minimum atomic E-state index is -0.280. The van der Waals surface area contributed by atoms with Gasteiger partial charge in [0.15, 0.2) is 0 Å². The molecule has 0 amide bonds. The molecule has 0 saturated carbocycles. The molecule has 1 rings (SSSR count). The molecule has 3 nitrogen and oxygen atoms in total. The molecule has 1 atom stereocenters. The summed E-state index contributed by atoms with van der Waals surface area (Å²) in [6.45, 7) is 3.96. The van der Waals surface area contributed by atoms with E-state index in [4.69, 9.17) is 10.00 Å². The summed E-state index contributed by atoms with van der Waals surface area (Å²) in [5.41, 5.74) is 1.46. The molecular weight excluding hydrogens is 190 g/mol. The van der Waals surface area contributed by atoms with E-state index >= 15 is 0 Å². The molecule has 0 spiro atoms. The van der Waals surface area contributed by atoms with Crippen molar-refractivity contribution in [2.75, 3.05) is 6.61 Å². The highest BCUT2D eigenvalue weighted by Gasteiger charge is 2.15. The van der Waals surface area contributed by atoms with Crippen LogP contribution in [0.2, 0.25) is 0 Å². The van der Waals surface area contributed by atoms with Crippen LogP contribution < -0.4 is 0 Å². The molecule has 0 saturated heterocycles. The van der Waals surface area contributed by atoms with Gasteiger partial charge in [-0.2, -0.15) is 5.26 Å². The number of hydrogen-bond acceptors (Lipinski definition) is 3. The molecule has 0 unspecified atom stereocenters. The van der Waals surface area contributed by atoms with Gasteiger partial charge in [0, 0.05) is 0 Å². The van der Waals surface area contributed by atoms with Crippen molar-refractivity contribution in [3.8, 4) is 6.07 Å². The topological polar surface area (TPSA) is 50.1 Å². The molecule has 78 valence electrons. The largest absolute Gasteiger partial charge is 0.466 e. The quantitative estimate of drug-likeness (QED) is 0.708. The molecule has 0 radical (unpaired) electrons. The van der Waals surface area contributed by atoms with E-state index in [1.807, 2.05) is 6.07 Å². The number of rotatable bonds is 3. The second-order valence-corrected chi connectivity index (χ2v) is 3.21. The molecule has 15 heavy (non-hydrogen) atoms. The van der Waals surface area contributed by atoms with E-state index in [0.29, 0.717) is 12.2 Å². The lowest BCUT2D eigenvalue weighted by Gasteiger charge is -2.10. The molecule has 0 aliphatic heterocycles. The molecule has 0 aromatic heterocycles. The van der Waals surface area contributed by atoms with Crippen molar-refractivity contribution in [3.63, 3.8) is 0 Å². The Morgan fingerprint density at radius 3 is 2.53 bits per heavy atom. The smallest absolute Gasteiger partial charge is 0.313 e. The highest BCUT2D eigenvalue weighted by Crippen LogP contribution is 2.17. The molecule has 0 bridgehead atoms. The number of carbonyl (C=O) groups is 1. The van der Waals surface area contributed by atoms with Crippen LogP contribution >= 0.6 is 0 Å². The summed E-state index contributed by atoms with van der Waals surface area (Å²) in [6, 6.07) is 8.99. The standard InChI is InChI=1S/C12H13NO2/c1-3-15-12(14)9(2)11-6-4-10(8-13)5-7-11/h4-7,9H,3H2,1-2H3/t9-/m0/s1. The summed E-state index contributed by atoms with van der Waals surface area (Å²) < 4.78 is 4.91. The number of esters is 1. The van der Waals surface area contributed by atoms with Crippen LogP contribution in [-0.4, -0.2) is 12.6 Å². The van der Waals surface area contributed by atoms with Gasteiger partial charge >= 0.3 is 5.97 Å². The third-order valence-corrected chi connectivity index (χ3v) is 2.18. The zero-order chi connectivity index (χ0) is 11.3. The lowest BCUT2D eigenvalue weighted by Crippen LogP contribution is -2.12. The first-order chi connectivity index (χ1) is 7.19. The van der Waals surface area contributed by atoms with Gasteiger partial charge in [-0.05, 0) is 31.5 Å². The average molecular weight is 203 g/mol. The van der Waals surface area contributed by atoms with Crippen LogP contribution in [0.3, 0.4) is 0 Å². The molecule has 0 aliphatic rings. The molecule has 1 aromatic rings. The Labute approximate surface area is 89.3 Å². The first-order valence-corrected chi connectivity index (χ1v) is 4.85. The number of benzene rings is 1. The Morgan fingerprint density at radius 1 is 1.47 bits per heavy atom. The zero-order valence-corrected chi connectivity index (χ0v) is 8.86. The molecule has 0 fully saturated rings. The zero-order valence-electron chi connectivity index (χ0n) is 8.86. The van der Waals surface area contributed by atoms with Crippen LogP contribution in [0.25, 0.3) is 0 Å². The van der Waals surface area contributed by atoms with Crippen molar-refractivity contribution < 1.29 is 9.53 Å². The van der Waals surface area contributed by atoms with E-state index < -0.39 is 0 Å². The molecule has 0 heterocycles. The van der Waals surface area contributed by atoms with Gasteiger partial charge in [-0.3, -0.25) is 4.79 Å². The predicted molar refractivity (Wildman–Crippen MR) is 56.2 cm³/mol. The fourth-order valence-corrected chi connectivity index (χ4v) is 1.25. The minimum absolute atomic E-state index is 0.234. The lowest BCUT2D eigenvalue weighted by atomic mass is 10.0. The van der Waals surface area contributed by atoms with Crippen molar-refractivity contribution in [1.29, 1.82) is 5.26 Å². The number of nitriles is 1. The van der Waals surface area contributed by atoms with Crippen molar-refractivity contribution >= 4 is 5.97 Å². The van der Waals surface area contributed by atoms with E-state index in [0.717, 1.165) is 5.56 Å². The maximum absolute atomic E-state index is 11.4. The number of nitrogens with zero attached hydrogens (tertiary/aromatic N) is 1. The van der Waals surface area contributed by atoms with Crippen molar-refractivity contribution in [2.45, 2.75) is 19.8 Å². The maximum atomic E-state index is 11.4. The Hall–Kier alpha value is -1.82. The maximum Gasteiger partial charge on any atom is 0.313 e. The predicted octanol–water partition coefficient (Wildman–Crippen LogP) is 2.22. The van der Waals surface area contributed by atoms with Crippen molar-refractivity contribution in [3.05, 3.63) is 35.4 Å². The minimum Gasteiger partial charge on any atom is -0.466 e. The SMILES string of the molecule is CCOC(=O)[C@@H](C)c1ccc(C#N)cc1. The molecule has 0 N–H and O–H groups in total. The van der Waals surface area contributed by atoms with Crippen LogP contribution in [0.15, 0.2) is 24.3 Å². The van der Waals surface area contributed by atoms with Gasteiger partial charge in [0.2, 0.25) is 0 Å². The summed E-state index contributed by atoms with van der Waals surface area (Å²) in [5.74, 6) is -0.514.